The number of carbonyl (C=O) groups excluding carboxylic acids is 1. The number of amides is 1. The molecule has 0 aliphatic carbocycles. The van der Waals surface area contributed by atoms with Crippen molar-refractivity contribution in [3.8, 4) is 10.6 Å². The molecule has 0 aliphatic rings. The van der Waals surface area contributed by atoms with Crippen molar-refractivity contribution in [2.45, 2.75) is 26.7 Å². The summed E-state index contributed by atoms with van der Waals surface area (Å²) in [4.78, 5) is 20.9. The van der Waals surface area contributed by atoms with Crippen LogP contribution in [0, 0.1) is 13.8 Å². The predicted molar refractivity (Wildman–Crippen MR) is 95.0 cm³/mol. The lowest BCUT2D eigenvalue weighted by Gasteiger charge is -2.10. The summed E-state index contributed by atoms with van der Waals surface area (Å²) >= 11 is 1.74. The van der Waals surface area contributed by atoms with E-state index in [1.165, 1.54) is 10.4 Å². The molecule has 3 heterocycles. The molecule has 0 saturated carbocycles. The van der Waals surface area contributed by atoms with Crippen LogP contribution in [-0.2, 0) is 11.2 Å². The molecule has 0 atom stereocenters. The van der Waals surface area contributed by atoms with Crippen LogP contribution < -0.4 is 0 Å². The Bertz CT molecular complexity index is 860. The quantitative estimate of drug-likeness (QED) is 0.733. The molecular weight excluding hydrogens is 306 g/mol. The molecule has 3 aromatic heterocycles. The van der Waals surface area contributed by atoms with Gasteiger partial charge >= 0.3 is 0 Å². The van der Waals surface area contributed by atoms with Crippen molar-refractivity contribution in [2.24, 2.45) is 0 Å². The van der Waals surface area contributed by atoms with Gasteiger partial charge in [0.2, 0.25) is 5.91 Å². The van der Waals surface area contributed by atoms with Crippen LogP contribution in [0.3, 0.4) is 0 Å². The summed E-state index contributed by atoms with van der Waals surface area (Å²) in [6.07, 6.45) is 3.28. The number of aryl methyl sites for hydroxylation is 3. The van der Waals surface area contributed by atoms with Gasteiger partial charge in [-0.25, -0.2) is 4.98 Å². The molecule has 0 aliphatic heterocycles. The van der Waals surface area contributed by atoms with E-state index in [1.807, 2.05) is 6.07 Å². The van der Waals surface area contributed by atoms with Gasteiger partial charge in [0.15, 0.2) is 0 Å². The fraction of sp³-hybridized carbons (Fsp3) is 0.333. The van der Waals surface area contributed by atoms with E-state index in [0.29, 0.717) is 12.8 Å². The summed E-state index contributed by atoms with van der Waals surface area (Å²) in [5, 5.41) is 0. The van der Waals surface area contributed by atoms with Crippen LogP contribution in [0.1, 0.15) is 22.6 Å². The molecule has 0 saturated heterocycles. The number of pyridine rings is 1. The molecule has 1 amide bonds. The number of rotatable bonds is 4. The second-order valence-corrected chi connectivity index (χ2v) is 7.33. The lowest BCUT2D eigenvalue weighted by Crippen LogP contribution is -2.22. The molecule has 120 valence electrons. The van der Waals surface area contributed by atoms with E-state index < -0.39 is 0 Å². The highest BCUT2D eigenvalue weighted by Crippen LogP contribution is 2.31. The minimum atomic E-state index is 0.140. The van der Waals surface area contributed by atoms with Crippen LogP contribution in [0.5, 0.6) is 0 Å². The van der Waals surface area contributed by atoms with Gasteiger partial charge < -0.3 is 9.30 Å². The smallest absolute Gasteiger partial charge is 0.222 e. The van der Waals surface area contributed by atoms with E-state index in [0.717, 1.165) is 21.9 Å². The van der Waals surface area contributed by atoms with Crippen molar-refractivity contribution < 1.29 is 4.79 Å². The maximum absolute atomic E-state index is 12.0. The summed E-state index contributed by atoms with van der Waals surface area (Å²) in [6, 6.07) is 8.34. The minimum Gasteiger partial charge on any atom is -0.349 e. The highest BCUT2D eigenvalue weighted by Gasteiger charge is 2.17. The fourth-order valence-electron chi connectivity index (χ4n) is 2.65. The van der Waals surface area contributed by atoms with Gasteiger partial charge in [0.1, 0.15) is 11.3 Å². The van der Waals surface area contributed by atoms with Gasteiger partial charge in [0.25, 0.3) is 0 Å². The highest BCUT2D eigenvalue weighted by atomic mass is 32.1. The van der Waals surface area contributed by atoms with Gasteiger partial charge in [-0.1, -0.05) is 6.07 Å². The Hall–Kier alpha value is -2.14. The first-order valence-corrected chi connectivity index (χ1v) is 8.52. The van der Waals surface area contributed by atoms with Crippen LogP contribution in [0.2, 0.25) is 0 Å². The summed E-state index contributed by atoms with van der Waals surface area (Å²) in [7, 11) is 3.59. The van der Waals surface area contributed by atoms with E-state index in [-0.39, 0.29) is 5.91 Å². The topological polar surface area (TPSA) is 37.6 Å². The van der Waals surface area contributed by atoms with Gasteiger partial charge in [0.05, 0.1) is 10.6 Å². The number of nitrogens with zero attached hydrogens (tertiary/aromatic N) is 3. The van der Waals surface area contributed by atoms with E-state index in [9.17, 15) is 4.79 Å². The zero-order valence-electron chi connectivity index (χ0n) is 14.0. The Morgan fingerprint density at radius 1 is 1.22 bits per heavy atom. The Morgan fingerprint density at radius 3 is 2.65 bits per heavy atom. The molecule has 5 heteroatoms. The van der Waals surface area contributed by atoms with Gasteiger partial charge in [-0.3, -0.25) is 4.79 Å². The number of fused-ring (bicyclic) bond motifs is 1. The number of aromatic nitrogens is 2. The van der Waals surface area contributed by atoms with Crippen LogP contribution in [-0.4, -0.2) is 34.3 Å². The zero-order valence-corrected chi connectivity index (χ0v) is 14.8. The average molecular weight is 327 g/mol. The SMILES string of the molecule is Cc1ccc2nc(-c3ccc(C)s3)c(CCC(=O)N(C)C)n2c1. The maximum atomic E-state index is 12.0. The first-order valence-electron chi connectivity index (χ1n) is 7.70. The number of carbonyl (C=O) groups is 1. The second-order valence-electron chi connectivity index (χ2n) is 6.04. The number of thiophene rings is 1. The number of hydrogen-bond donors (Lipinski definition) is 0. The average Bonchev–Trinajstić information content (AvgIpc) is 3.08. The van der Waals surface area contributed by atoms with E-state index in [2.05, 4.69) is 42.6 Å². The molecule has 0 spiro atoms. The first kappa shape index (κ1) is 15.7. The molecule has 0 unspecified atom stereocenters. The molecule has 0 bridgehead atoms. The Kier molecular flexibility index (Phi) is 4.22. The summed E-state index contributed by atoms with van der Waals surface area (Å²) < 4.78 is 2.13. The van der Waals surface area contributed by atoms with Crippen molar-refractivity contribution in [1.82, 2.24) is 14.3 Å². The third-order valence-corrected chi connectivity index (χ3v) is 4.92. The molecule has 0 N–H and O–H groups in total. The monoisotopic (exact) mass is 327 g/mol. The lowest BCUT2D eigenvalue weighted by molar-refractivity contribution is -0.128. The van der Waals surface area contributed by atoms with Crippen molar-refractivity contribution in [1.29, 1.82) is 0 Å². The first-order chi connectivity index (χ1) is 11.0. The third kappa shape index (κ3) is 3.15. The van der Waals surface area contributed by atoms with Crippen molar-refractivity contribution >= 4 is 22.9 Å². The normalized spacial score (nSPS) is 11.1. The molecule has 0 aromatic carbocycles. The standard InChI is InChI=1S/C18H21N3OS/c1-12-5-9-16-19-18(15-8-6-13(2)23-15)14(21(16)11-12)7-10-17(22)20(3)4/h5-6,8-9,11H,7,10H2,1-4H3. The zero-order chi connectivity index (χ0) is 16.6. The maximum Gasteiger partial charge on any atom is 0.222 e. The van der Waals surface area contributed by atoms with Crippen LogP contribution in [0.15, 0.2) is 30.5 Å². The van der Waals surface area contributed by atoms with Gasteiger partial charge in [-0.05, 0) is 44.0 Å². The fourth-order valence-corrected chi connectivity index (χ4v) is 3.53. The Balaban J connectivity index is 2.07. The van der Waals surface area contributed by atoms with Gasteiger partial charge in [-0.15, -0.1) is 11.3 Å². The van der Waals surface area contributed by atoms with E-state index in [4.69, 9.17) is 4.98 Å². The molecule has 3 rings (SSSR count). The molecule has 0 radical (unpaired) electrons. The van der Waals surface area contributed by atoms with Crippen molar-refractivity contribution in [3.05, 3.63) is 46.6 Å². The predicted octanol–water partition coefficient (Wildman–Crippen LogP) is 3.70. The summed E-state index contributed by atoms with van der Waals surface area (Å²) in [5.74, 6) is 0.140. The van der Waals surface area contributed by atoms with Crippen LogP contribution >= 0.6 is 11.3 Å². The molecule has 23 heavy (non-hydrogen) atoms. The van der Waals surface area contributed by atoms with Gasteiger partial charge in [0, 0.05) is 31.6 Å². The van der Waals surface area contributed by atoms with E-state index >= 15 is 0 Å². The summed E-state index contributed by atoms with van der Waals surface area (Å²) in [5.41, 5.74) is 4.23. The third-order valence-electron chi connectivity index (χ3n) is 3.91. The number of hydrogen-bond acceptors (Lipinski definition) is 3. The Labute approximate surface area is 140 Å². The van der Waals surface area contributed by atoms with Crippen molar-refractivity contribution in [3.63, 3.8) is 0 Å². The molecule has 3 aromatic rings. The molecule has 4 nitrogen and oxygen atoms in total. The number of imidazole rings is 1. The Morgan fingerprint density at radius 2 is 2.00 bits per heavy atom. The molecule has 0 fully saturated rings. The van der Waals surface area contributed by atoms with Crippen molar-refractivity contribution in [2.75, 3.05) is 14.1 Å². The van der Waals surface area contributed by atoms with E-state index in [1.54, 1.807) is 30.3 Å². The van der Waals surface area contributed by atoms with Crippen LogP contribution in [0.25, 0.3) is 16.2 Å². The minimum absolute atomic E-state index is 0.140. The highest BCUT2D eigenvalue weighted by molar-refractivity contribution is 7.15. The lowest BCUT2D eigenvalue weighted by atomic mass is 10.1. The largest absolute Gasteiger partial charge is 0.349 e. The van der Waals surface area contributed by atoms with Crippen LogP contribution in [0.4, 0.5) is 0 Å². The summed E-state index contributed by atoms with van der Waals surface area (Å²) in [6.45, 7) is 4.17. The second kappa shape index (κ2) is 6.16. The van der Waals surface area contributed by atoms with Gasteiger partial charge in [-0.2, -0.15) is 0 Å². The molecular formula is C18H21N3OS.